The van der Waals surface area contributed by atoms with Crippen LogP contribution in [-0.4, -0.2) is 24.4 Å². The Morgan fingerprint density at radius 2 is 1.30 bits per heavy atom. The maximum absolute atomic E-state index is 13.0. The summed E-state index contributed by atoms with van der Waals surface area (Å²) < 4.78 is 90.2. The van der Waals surface area contributed by atoms with Crippen LogP contribution in [0.4, 0.5) is 42.5 Å². The molecule has 1 fully saturated rings. The van der Waals surface area contributed by atoms with Crippen LogP contribution < -0.4 is 16.1 Å². The van der Waals surface area contributed by atoms with Gasteiger partial charge in [-0.2, -0.15) is 26.3 Å². The third kappa shape index (κ3) is 5.44. The van der Waals surface area contributed by atoms with E-state index >= 15 is 0 Å². The number of carbonyl (C=O) groups is 1. The van der Waals surface area contributed by atoms with E-state index in [-0.39, 0.29) is 11.8 Å². The molecule has 2 aromatic carbocycles. The molecule has 0 saturated carbocycles. The predicted molar refractivity (Wildman–Crippen MR) is 111 cm³/mol. The molecule has 0 aliphatic carbocycles. The molecule has 0 bridgehead atoms. The van der Waals surface area contributed by atoms with Gasteiger partial charge in [0.1, 0.15) is 0 Å². The van der Waals surface area contributed by atoms with Crippen molar-refractivity contribution in [3.05, 3.63) is 53.6 Å². The van der Waals surface area contributed by atoms with Gasteiger partial charge in [0.15, 0.2) is 0 Å². The number of urea groups is 1. The minimum absolute atomic E-state index is 0.0172. The molecule has 33 heavy (non-hydrogen) atoms. The number of rotatable bonds is 3. The lowest BCUT2D eigenvalue weighted by Crippen LogP contribution is -2.41. The van der Waals surface area contributed by atoms with Crippen molar-refractivity contribution in [3.8, 4) is 0 Å². The summed E-state index contributed by atoms with van der Waals surface area (Å²) in [7, 11) is -0.850. The van der Waals surface area contributed by atoms with Gasteiger partial charge in [0.05, 0.1) is 22.3 Å². The number of halogens is 6. The van der Waals surface area contributed by atoms with Crippen LogP contribution in [0, 0.1) is 0 Å². The van der Waals surface area contributed by atoms with Gasteiger partial charge in [-0.15, -0.1) is 0 Å². The molecule has 1 aliphatic heterocycles. The average molecular weight is 474 g/mol. The summed E-state index contributed by atoms with van der Waals surface area (Å²) in [6.45, 7) is 7.34. The van der Waals surface area contributed by atoms with E-state index in [1.807, 2.05) is 33.0 Å². The van der Waals surface area contributed by atoms with Crippen LogP contribution >= 0.6 is 0 Å². The standard InChI is InChI=1S/C21H21BF6N2O3/c1-18(2)19(3,4)33-22(32-18)15-7-5-6-8-16(15)30-17(31)29-14-10-12(20(23,24)25)9-13(11-14)21(26,27)28/h5-11H,1-4H3,(H2,29,30,31). The smallest absolute Gasteiger partial charge is 0.399 e. The zero-order valence-corrected chi connectivity index (χ0v) is 18.1. The van der Waals surface area contributed by atoms with Crippen LogP contribution in [0.25, 0.3) is 0 Å². The summed E-state index contributed by atoms with van der Waals surface area (Å²) >= 11 is 0. The lowest BCUT2D eigenvalue weighted by atomic mass is 9.78. The quantitative estimate of drug-likeness (QED) is 0.446. The van der Waals surface area contributed by atoms with E-state index in [1.54, 1.807) is 18.2 Å². The second-order valence-corrected chi connectivity index (χ2v) is 8.55. The van der Waals surface area contributed by atoms with Gasteiger partial charge in [-0.25, -0.2) is 4.79 Å². The summed E-state index contributed by atoms with van der Waals surface area (Å²) in [4.78, 5) is 12.5. The molecule has 0 radical (unpaired) electrons. The molecule has 2 amide bonds. The summed E-state index contributed by atoms with van der Waals surface area (Å²) in [5, 5.41) is 4.47. The molecule has 0 unspecified atom stereocenters. The molecule has 0 spiro atoms. The van der Waals surface area contributed by atoms with Crippen LogP contribution in [-0.2, 0) is 21.7 Å². The van der Waals surface area contributed by atoms with Crippen LogP contribution in [0.15, 0.2) is 42.5 Å². The number of benzene rings is 2. The molecule has 1 aliphatic rings. The summed E-state index contributed by atoms with van der Waals surface area (Å²) in [5.41, 5.74) is -4.42. The zero-order valence-electron chi connectivity index (χ0n) is 18.1. The molecule has 0 aromatic heterocycles. The SMILES string of the molecule is CC1(C)OB(c2ccccc2NC(=O)Nc2cc(C(F)(F)F)cc(C(F)(F)F)c2)OC1(C)C. The van der Waals surface area contributed by atoms with Crippen LogP contribution in [0.2, 0.25) is 0 Å². The molecule has 5 nitrogen and oxygen atoms in total. The van der Waals surface area contributed by atoms with Crippen molar-refractivity contribution >= 4 is 30.0 Å². The minimum atomic E-state index is -5.03. The van der Waals surface area contributed by atoms with Gasteiger partial charge in [0, 0.05) is 16.8 Å². The van der Waals surface area contributed by atoms with Crippen LogP contribution in [0.3, 0.4) is 0 Å². The van der Waals surface area contributed by atoms with Gasteiger partial charge >= 0.3 is 25.5 Å². The van der Waals surface area contributed by atoms with Crippen molar-refractivity contribution in [3.63, 3.8) is 0 Å². The van der Waals surface area contributed by atoms with E-state index in [4.69, 9.17) is 9.31 Å². The van der Waals surface area contributed by atoms with Gasteiger partial charge in [-0.1, -0.05) is 18.2 Å². The zero-order chi connectivity index (χ0) is 24.8. The fraction of sp³-hybridized carbons (Fsp3) is 0.381. The lowest BCUT2D eigenvalue weighted by molar-refractivity contribution is -0.143. The molecule has 2 N–H and O–H groups in total. The first-order valence-corrected chi connectivity index (χ1v) is 9.82. The molecule has 12 heteroatoms. The Morgan fingerprint density at radius 3 is 1.79 bits per heavy atom. The van der Waals surface area contributed by atoms with Gasteiger partial charge < -0.3 is 19.9 Å². The molecule has 178 valence electrons. The number of alkyl halides is 6. The number of amides is 2. The Labute approximate surface area is 186 Å². The number of hydrogen-bond donors (Lipinski definition) is 2. The van der Waals surface area contributed by atoms with Crippen LogP contribution in [0.5, 0.6) is 0 Å². The first-order valence-electron chi connectivity index (χ1n) is 9.82. The molecule has 1 heterocycles. The van der Waals surface area contributed by atoms with Crippen molar-refractivity contribution in [2.75, 3.05) is 10.6 Å². The fourth-order valence-corrected chi connectivity index (χ4v) is 3.10. The third-order valence-electron chi connectivity index (χ3n) is 5.56. The van der Waals surface area contributed by atoms with E-state index in [0.717, 1.165) is 0 Å². The summed E-state index contributed by atoms with van der Waals surface area (Å²) in [5.74, 6) is 0. The Hall–Kier alpha value is -2.73. The molecule has 3 rings (SSSR count). The Kier molecular flexibility index (Phi) is 6.22. The van der Waals surface area contributed by atoms with E-state index in [2.05, 4.69) is 5.32 Å². The first kappa shape index (κ1) is 24.9. The first-order chi connectivity index (χ1) is 15.0. The highest BCUT2D eigenvalue weighted by molar-refractivity contribution is 6.64. The predicted octanol–water partition coefficient (Wildman–Crippen LogP) is 5.67. The van der Waals surface area contributed by atoms with Crippen molar-refractivity contribution in [1.29, 1.82) is 0 Å². The third-order valence-corrected chi connectivity index (χ3v) is 5.56. The highest BCUT2D eigenvalue weighted by atomic mass is 19.4. The fourth-order valence-electron chi connectivity index (χ4n) is 3.10. The molecular weight excluding hydrogens is 453 g/mol. The van der Waals surface area contributed by atoms with Gasteiger partial charge in [-0.3, -0.25) is 0 Å². The molecular formula is C21H21BF6N2O3. The Balaban J connectivity index is 1.85. The Morgan fingerprint density at radius 1 is 0.818 bits per heavy atom. The number of anilines is 2. The van der Waals surface area contributed by atoms with Crippen molar-refractivity contribution in [2.24, 2.45) is 0 Å². The van der Waals surface area contributed by atoms with Crippen LogP contribution in [0.1, 0.15) is 38.8 Å². The second kappa shape index (κ2) is 8.25. The van der Waals surface area contributed by atoms with Gasteiger partial charge in [-0.05, 0) is 52.0 Å². The van der Waals surface area contributed by atoms with Gasteiger partial charge in [0.2, 0.25) is 0 Å². The van der Waals surface area contributed by atoms with Crippen molar-refractivity contribution < 1.29 is 40.4 Å². The lowest BCUT2D eigenvalue weighted by Gasteiger charge is -2.32. The average Bonchev–Trinajstić information content (AvgIpc) is 2.87. The number of hydrogen-bond acceptors (Lipinski definition) is 3. The van der Waals surface area contributed by atoms with E-state index in [9.17, 15) is 31.1 Å². The van der Waals surface area contributed by atoms with Gasteiger partial charge in [0.25, 0.3) is 0 Å². The van der Waals surface area contributed by atoms with E-state index in [0.29, 0.717) is 17.6 Å². The molecule has 1 saturated heterocycles. The topological polar surface area (TPSA) is 59.6 Å². The minimum Gasteiger partial charge on any atom is -0.399 e. The normalized spacial score (nSPS) is 17.7. The number of para-hydroxylation sites is 1. The number of carbonyl (C=O) groups excluding carboxylic acids is 1. The largest absolute Gasteiger partial charge is 0.496 e. The number of nitrogens with one attached hydrogen (secondary N) is 2. The van der Waals surface area contributed by atoms with Crippen molar-refractivity contribution in [1.82, 2.24) is 0 Å². The monoisotopic (exact) mass is 474 g/mol. The highest BCUT2D eigenvalue weighted by Crippen LogP contribution is 2.38. The maximum Gasteiger partial charge on any atom is 0.496 e. The van der Waals surface area contributed by atoms with Crippen molar-refractivity contribution in [2.45, 2.75) is 51.2 Å². The van der Waals surface area contributed by atoms with E-state index < -0.39 is 53.5 Å². The highest BCUT2D eigenvalue weighted by Gasteiger charge is 2.52. The molecule has 2 aromatic rings. The molecule has 0 atom stereocenters. The maximum atomic E-state index is 13.0. The summed E-state index contributed by atoms with van der Waals surface area (Å²) in [6, 6.07) is 6.20. The Bertz CT molecular complexity index is 1000. The second-order valence-electron chi connectivity index (χ2n) is 8.55. The van der Waals surface area contributed by atoms with E-state index in [1.165, 1.54) is 6.07 Å². The summed E-state index contributed by atoms with van der Waals surface area (Å²) in [6.07, 6.45) is -10.1.